The number of halogens is 3. The number of nitrogens with zero attached hydrogens (tertiary/aromatic N) is 1. The Kier molecular flexibility index (Phi) is 5.22. The van der Waals surface area contributed by atoms with Crippen LogP contribution in [0.3, 0.4) is 0 Å². The summed E-state index contributed by atoms with van der Waals surface area (Å²) in [5.74, 6) is -3.11. The van der Waals surface area contributed by atoms with Crippen LogP contribution in [0.5, 0.6) is 0 Å². The van der Waals surface area contributed by atoms with Gasteiger partial charge in [-0.3, -0.25) is 9.59 Å². The Hall–Kier alpha value is -2.96. The van der Waals surface area contributed by atoms with E-state index >= 15 is 0 Å². The number of amides is 2. The second kappa shape index (κ2) is 7.81. The van der Waals surface area contributed by atoms with Gasteiger partial charge in [0.15, 0.2) is 0 Å². The number of carbonyl (C=O) groups excluding carboxylic acids is 2. The average Bonchev–Trinajstić information content (AvgIpc) is 2.94. The molecule has 144 valence electrons. The van der Waals surface area contributed by atoms with Crippen LogP contribution in [-0.4, -0.2) is 11.8 Å². The number of benzene rings is 3. The van der Waals surface area contributed by atoms with Gasteiger partial charge in [0, 0.05) is 16.0 Å². The molecule has 29 heavy (non-hydrogen) atoms. The van der Waals surface area contributed by atoms with Crippen molar-refractivity contribution in [3.8, 4) is 0 Å². The SMILES string of the molecule is O=C1C(Sc2ccc(Cl)cc2)=C(c2ccccc2)C(=O)N1c1ccc(F)cc1F. The summed E-state index contributed by atoms with van der Waals surface area (Å²) in [6.45, 7) is 0. The fourth-order valence-corrected chi connectivity index (χ4v) is 4.09. The Morgan fingerprint density at radius 3 is 2.17 bits per heavy atom. The van der Waals surface area contributed by atoms with Gasteiger partial charge in [0.05, 0.1) is 16.2 Å². The largest absolute Gasteiger partial charge is 0.273 e. The van der Waals surface area contributed by atoms with Crippen molar-refractivity contribution < 1.29 is 18.4 Å². The van der Waals surface area contributed by atoms with Crippen LogP contribution in [-0.2, 0) is 9.59 Å². The minimum absolute atomic E-state index is 0.159. The Morgan fingerprint density at radius 1 is 0.828 bits per heavy atom. The molecule has 0 fully saturated rings. The van der Waals surface area contributed by atoms with Crippen molar-refractivity contribution >= 4 is 46.4 Å². The predicted octanol–water partition coefficient (Wildman–Crippen LogP) is 5.70. The third-order valence-electron chi connectivity index (χ3n) is 4.29. The summed E-state index contributed by atoms with van der Waals surface area (Å²) in [6, 6.07) is 18.2. The summed E-state index contributed by atoms with van der Waals surface area (Å²) < 4.78 is 27.7. The maximum absolute atomic E-state index is 14.4. The number of anilines is 1. The molecule has 2 amide bonds. The zero-order valence-corrected chi connectivity index (χ0v) is 16.3. The highest BCUT2D eigenvalue weighted by molar-refractivity contribution is 8.04. The average molecular weight is 428 g/mol. The third-order valence-corrected chi connectivity index (χ3v) is 5.63. The van der Waals surface area contributed by atoms with Crippen LogP contribution < -0.4 is 4.90 Å². The van der Waals surface area contributed by atoms with E-state index in [-0.39, 0.29) is 16.2 Å². The molecule has 0 spiro atoms. The molecule has 0 unspecified atom stereocenters. The number of carbonyl (C=O) groups is 2. The number of hydrogen-bond donors (Lipinski definition) is 0. The summed E-state index contributed by atoms with van der Waals surface area (Å²) in [5.41, 5.74) is 0.410. The molecule has 1 aliphatic heterocycles. The number of thioether (sulfide) groups is 1. The van der Waals surface area contributed by atoms with Gasteiger partial charge >= 0.3 is 0 Å². The van der Waals surface area contributed by atoms with E-state index in [0.29, 0.717) is 21.5 Å². The van der Waals surface area contributed by atoms with E-state index in [2.05, 4.69) is 0 Å². The first-order chi connectivity index (χ1) is 14.0. The van der Waals surface area contributed by atoms with Crippen molar-refractivity contribution in [3.05, 3.63) is 99.9 Å². The van der Waals surface area contributed by atoms with E-state index in [9.17, 15) is 18.4 Å². The van der Waals surface area contributed by atoms with Gasteiger partial charge in [-0.1, -0.05) is 53.7 Å². The first kappa shape index (κ1) is 19.4. The van der Waals surface area contributed by atoms with E-state index in [1.165, 1.54) is 0 Å². The lowest BCUT2D eigenvalue weighted by atomic mass is 10.1. The summed E-state index contributed by atoms with van der Waals surface area (Å²) >= 11 is 7.01. The van der Waals surface area contributed by atoms with E-state index in [4.69, 9.17) is 11.6 Å². The van der Waals surface area contributed by atoms with Crippen molar-refractivity contribution in [1.82, 2.24) is 0 Å². The first-order valence-electron chi connectivity index (χ1n) is 8.52. The van der Waals surface area contributed by atoms with Crippen LogP contribution in [0.15, 0.2) is 82.6 Å². The standard InChI is InChI=1S/C22H12ClF2NO2S/c23-14-6-9-16(10-7-14)29-20-19(13-4-2-1-3-5-13)21(27)26(22(20)28)18-11-8-15(24)12-17(18)25/h1-12H. The Morgan fingerprint density at radius 2 is 1.52 bits per heavy atom. The topological polar surface area (TPSA) is 37.4 Å². The van der Waals surface area contributed by atoms with Crippen LogP contribution in [0, 0.1) is 11.6 Å². The molecule has 4 rings (SSSR count). The van der Waals surface area contributed by atoms with Crippen LogP contribution in [0.25, 0.3) is 5.57 Å². The maximum Gasteiger partial charge on any atom is 0.273 e. The lowest BCUT2D eigenvalue weighted by Gasteiger charge is -2.16. The minimum Gasteiger partial charge on any atom is -0.268 e. The molecular formula is C22H12ClF2NO2S. The zero-order chi connectivity index (χ0) is 20.5. The molecule has 0 aliphatic carbocycles. The fraction of sp³-hybridized carbons (Fsp3) is 0. The molecule has 0 aromatic heterocycles. The molecule has 3 aromatic rings. The lowest BCUT2D eigenvalue weighted by molar-refractivity contribution is -0.119. The van der Waals surface area contributed by atoms with Gasteiger partial charge in [0.25, 0.3) is 11.8 Å². The van der Waals surface area contributed by atoms with Crippen LogP contribution in [0.1, 0.15) is 5.56 Å². The van der Waals surface area contributed by atoms with Crippen molar-refractivity contribution in [2.45, 2.75) is 4.90 Å². The second-order valence-corrected chi connectivity index (χ2v) is 7.69. The molecule has 0 atom stereocenters. The molecular weight excluding hydrogens is 416 g/mol. The van der Waals surface area contributed by atoms with Crippen molar-refractivity contribution in [2.24, 2.45) is 0 Å². The quantitative estimate of drug-likeness (QED) is 0.501. The molecule has 0 N–H and O–H groups in total. The fourth-order valence-electron chi connectivity index (χ4n) is 2.97. The van der Waals surface area contributed by atoms with E-state index in [1.807, 2.05) is 0 Å². The molecule has 1 aliphatic rings. The second-order valence-electron chi connectivity index (χ2n) is 6.17. The van der Waals surface area contributed by atoms with E-state index < -0.39 is 23.4 Å². The minimum atomic E-state index is -0.989. The Bertz CT molecular complexity index is 1150. The van der Waals surface area contributed by atoms with E-state index in [0.717, 1.165) is 28.8 Å². The maximum atomic E-state index is 14.4. The number of hydrogen-bond acceptors (Lipinski definition) is 3. The van der Waals surface area contributed by atoms with Gasteiger partial charge in [-0.25, -0.2) is 13.7 Å². The highest BCUT2D eigenvalue weighted by Gasteiger charge is 2.41. The van der Waals surface area contributed by atoms with Crippen LogP contribution in [0.4, 0.5) is 14.5 Å². The van der Waals surface area contributed by atoms with Gasteiger partial charge in [0.2, 0.25) is 0 Å². The third kappa shape index (κ3) is 3.69. The molecule has 0 saturated carbocycles. The van der Waals surface area contributed by atoms with Gasteiger partial charge < -0.3 is 0 Å². The monoisotopic (exact) mass is 427 g/mol. The highest BCUT2D eigenvalue weighted by atomic mass is 35.5. The number of rotatable bonds is 4. The molecule has 3 nitrogen and oxygen atoms in total. The summed E-state index contributed by atoms with van der Waals surface area (Å²) in [4.78, 5) is 27.9. The van der Waals surface area contributed by atoms with Crippen LogP contribution in [0.2, 0.25) is 5.02 Å². The smallest absolute Gasteiger partial charge is 0.268 e. The van der Waals surface area contributed by atoms with Crippen LogP contribution >= 0.6 is 23.4 Å². The number of imide groups is 1. The van der Waals surface area contributed by atoms with Gasteiger partial charge in [-0.2, -0.15) is 0 Å². The highest BCUT2D eigenvalue weighted by Crippen LogP contribution is 2.42. The Balaban J connectivity index is 1.82. The predicted molar refractivity (Wildman–Crippen MR) is 110 cm³/mol. The summed E-state index contributed by atoms with van der Waals surface area (Å²) in [5, 5.41) is 0.537. The van der Waals surface area contributed by atoms with Crippen molar-refractivity contribution in [3.63, 3.8) is 0 Å². The van der Waals surface area contributed by atoms with Gasteiger partial charge in [-0.05, 0) is 42.0 Å². The molecule has 7 heteroatoms. The first-order valence-corrected chi connectivity index (χ1v) is 9.72. The zero-order valence-electron chi connectivity index (χ0n) is 14.7. The molecule has 0 saturated heterocycles. The molecule has 0 bridgehead atoms. The molecule has 0 radical (unpaired) electrons. The van der Waals surface area contributed by atoms with Crippen molar-refractivity contribution in [1.29, 1.82) is 0 Å². The summed E-state index contributed by atoms with van der Waals surface area (Å²) in [6.07, 6.45) is 0. The van der Waals surface area contributed by atoms with Crippen molar-refractivity contribution in [2.75, 3.05) is 4.90 Å². The summed E-state index contributed by atoms with van der Waals surface area (Å²) in [7, 11) is 0. The van der Waals surface area contributed by atoms with Gasteiger partial charge in [0.1, 0.15) is 11.6 Å². The normalized spacial score (nSPS) is 14.1. The lowest BCUT2D eigenvalue weighted by Crippen LogP contribution is -2.32. The Labute approximate surface area is 174 Å². The van der Waals surface area contributed by atoms with E-state index in [1.54, 1.807) is 54.6 Å². The molecule has 3 aromatic carbocycles. The van der Waals surface area contributed by atoms with Gasteiger partial charge in [-0.15, -0.1) is 0 Å². The molecule has 1 heterocycles.